The lowest BCUT2D eigenvalue weighted by Gasteiger charge is -2.31. The topological polar surface area (TPSA) is 88.1 Å². The van der Waals surface area contributed by atoms with E-state index in [1.807, 2.05) is 6.92 Å². The molecule has 1 N–H and O–H groups in total. The molecular weight excluding hydrogens is 475 g/mol. The second-order valence-electron chi connectivity index (χ2n) is 6.80. The van der Waals surface area contributed by atoms with Gasteiger partial charge in [-0.25, -0.2) is 4.98 Å². The summed E-state index contributed by atoms with van der Waals surface area (Å²) < 4.78 is 38.1. The third-order valence-corrected chi connectivity index (χ3v) is 7.06. The Labute approximate surface area is 189 Å². The number of carbonyl (C=O) groups is 2. The number of piperidine rings is 1. The number of aromatic nitrogens is 3. The number of amides is 2. The molecule has 0 aromatic carbocycles. The van der Waals surface area contributed by atoms with Gasteiger partial charge in [-0.15, -0.1) is 10.2 Å². The molecule has 13 heteroatoms. The first-order valence-electron chi connectivity index (χ1n) is 9.44. The van der Waals surface area contributed by atoms with Crippen LogP contribution in [0.1, 0.15) is 30.3 Å². The van der Waals surface area contributed by atoms with Crippen LogP contribution in [-0.4, -0.2) is 50.7 Å². The molecule has 3 heterocycles. The van der Waals surface area contributed by atoms with Crippen molar-refractivity contribution in [1.82, 2.24) is 20.1 Å². The van der Waals surface area contributed by atoms with E-state index in [1.54, 1.807) is 4.90 Å². The number of hydrogen-bond acceptors (Lipinski definition) is 7. The Morgan fingerprint density at radius 3 is 2.61 bits per heavy atom. The van der Waals surface area contributed by atoms with Gasteiger partial charge in [-0.1, -0.05) is 41.6 Å². The van der Waals surface area contributed by atoms with Crippen molar-refractivity contribution in [3.8, 4) is 0 Å². The normalized spacial score (nSPS) is 15.2. The summed E-state index contributed by atoms with van der Waals surface area (Å²) in [5.41, 5.74) is -0.937. The van der Waals surface area contributed by atoms with Crippen molar-refractivity contribution < 1.29 is 22.8 Å². The number of nitrogens with one attached hydrogen (secondary N) is 1. The minimum absolute atomic E-state index is 0.000469. The van der Waals surface area contributed by atoms with Crippen LogP contribution in [0, 0.1) is 5.92 Å². The SMILES string of the molecule is CCc1nnc(NC(=O)C2CCN(C(=O)CSc3ncc(C(F)(F)F)cc3Cl)CC2)s1. The van der Waals surface area contributed by atoms with E-state index in [0.717, 1.165) is 29.3 Å². The molecule has 31 heavy (non-hydrogen) atoms. The van der Waals surface area contributed by atoms with Crippen molar-refractivity contribution in [3.05, 3.63) is 27.9 Å². The molecule has 2 amide bonds. The summed E-state index contributed by atoms with van der Waals surface area (Å²) in [6.07, 6.45) is -2.05. The van der Waals surface area contributed by atoms with E-state index in [2.05, 4.69) is 20.5 Å². The minimum atomic E-state index is -4.53. The van der Waals surface area contributed by atoms with E-state index < -0.39 is 11.7 Å². The lowest BCUT2D eigenvalue weighted by Crippen LogP contribution is -2.42. The van der Waals surface area contributed by atoms with Gasteiger partial charge in [0.15, 0.2) is 0 Å². The van der Waals surface area contributed by atoms with Crippen LogP contribution in [0.3, 0.4) is 0 Å². The standard InChI is InChI=1S/C18H19ClF3N5O2S2/c1-2-13-25-26-17(31-13)24-15(29)10-3-5-27(6-4-10)14(28)9-30-16-12(19)7-11(8-23-16)18(20,21)22/h7-8,10H,2-6,9H2,1H3,(H,24,26,29). The molecule has 2 aromatic heterocycles. The highest BCUT2D eigenvalue weighted by Gasteiger charge is 2.32. The smallest absolute Gasteiger partial charge is 0.342 e. The molecule has 0 aliphatic carbocycles. The van der Waals surface area contributed by atoms with Crippen LogP contribution in [0.2, 0.25) is 5.02 Å². The van der Waals surface area contributed by atoms with Gasteiger partial charge in [0.1, 0.15) is 10.0 Å². The molecule has 0 radical (unpaired) electrons. The monoisotopic (exact) mass is 493 g/mol. The maximum absolute atomic E-state index is 12.7. The Morgan fingerprint density at radius 2 is 2.03 bits per heavy atom. The maximum Gasteiger partial charge on any atom is 0.417 e. The van der Waals surface area contributed by atoms with Gasteiger partial charge in [0.05, 0.1) is 16.3 Å². The van der Waals surface area contributed by atoms with Gasteiger partial charge in [0.25, 0.3) is 0 Å². The number of pyridine rings is 1. The highest BCUT2D eigenvalue weighted by Crippen LogP contribution is 2.34. The highest BCUT2D eigenvalue weighted by atomic mass is 35.5. The predicted molar refractivity (Wildman–Crippen MR) is 112 cm³/mol. The number of halogens is 4. The molecule has 168 valence electrons. The van der Waals surface area contributed by atoms with E-state index >= 15 is 0 Å². The van der Waals surface area contributed by atoms with Crippen molar-refractivity contribution in [2.24, 2.45) is 5.92 Å². The molecule has 0 unspecified atom stereocenters. The summed E-state index contributed by atoms with van der Waals surface area (Å²) >= 11 is 8.20. The van der Waals surface area contributed by atoms with E-state index in [-0.39, 0.29) is 33.5 Å². The van der Waals surface area contributed by atoms with Gasteiger partial charge >= 0.3 is 6.18 Å². The number of nitrogens with zero attached hydrogens (tertiary/aromatic N) is 4. The lowest BCUT2D eigenvalue weighted by molar-refractivity contribution is -0.138. The van der Waals surface area contributed by atoms with Crippen molar-refractivity contribution in [3.63, 3.8) is 0 Å². The number of carbonyl (C=O) groups excluding carboxylic acids is 2. The van der Waals surface area contributed by atoms with E-state index in [0.29, 0.717) is 37.3 Å². The molecule has 1 aliphatic rings. The van der Waals surface area contributed by atoms with Crippen LogP contribution in [0.15, 0.2) is 17.3 Å². The second kappa shape index (κ2) is 10.1. The quantitative estimate of drug-likeness (QED) is 0.608. The van der Waals surface area contributed by atoms with Crippen molar-refractivity contribution >= 4 is 51.6 Å². The summed E-state index contributed by atoms with van der Waals surface area (Å²) in [6, 6.07) is 0.799. The molecule has 1 aliphatic heterocycles. The average Bonchev–Trinajstić information content (AvgIpc) is 3.19. The Balaban J connectivity index is 1.46. The molecular formula is C18H19ClF3N5O2S2. The molecule has 2 aromatic rings. The highest BCUT2D eigenvalue weighted by molar-refractivity contribution is 8.00. The molecule has 0 saturated carbocycles. The van der Waals surface area contributed by atoms with Gasteiger partial charge in [-0.2, -0.15) is 13.2 Å². The van der Waals surface area contributed by atoms with Gasteiger partial charge in [-0.05, 0) is 25.3 Å². The van der Waals surface area contributed by atoms with E-state index in [9.17, 15) is 22.8 Å². The van der Waals surface area contributed by atoms with Crippen LogP contribution in [0.5, 0.6) is 0 Å². The van der Waals surface area contributed by atoms with Crippen molar-refractivity contribution in [2.45, 2.75) is 37.4 Å². The summed E-state index contributed by atoms with van der Waals surface area (Å²) in [6.45, 7) is 2.79. The molecule has 0 atom stereocenters. The second-order valence-corrected chi connectivity index (χ2v) is 9.23. The number of anilines is 1. The molecule has 3 rings (SSSR count). The van der Waals surface area contributed by atoms with Gasteiger partial charge in [0, 0.05) is 25.2 Å². The maximum atomic E-state index is 12.7. The zero-order valence-corrected chi connectivity index (χ0v) is 18.8. The van der Waals surface area contributed by atoms with Crippen LogP contribution in [0.4, 0.5) is 18.3 Å². The predicted octanol–water partition coefficient (Wildman–Crippen LogP) is 4.14. The van der Waals surface area contributed by atoms with Gasteiger partial charge < -0.3 is 10.2 Å². The summed E-state index contributed by atoms with van der Waals surface area (Å²) in [7, 11) is 0. The summed E-state index contributed by atoms with van der Waals surface area (Å²) in [5.74, 6) is -0.546. The Hall–Kier alpha value is -1.92. The van der Waals surface area contributed by atoms with E-state index in [1.165, 1.54) is 11.3 Å². The number of thioether (sulfide) groups is 1. The van der Waals surface area contributed by atoms with Gasteiger partial charge in [0.2, 0.25) is 16.9 Å². The third kappa shape index (κ3) is 6.30. The molecule has 0 bridgehead atoms. The summed E-state index contributed by atoms with van der Waals surface area (Å²) in [4.78, 5) is 30.2. The van der Waals surface area contributed by atoms with Crippen molar-refractivity contribution in [1.29, 1.82) is 0 Å². The first kappa shape index (κ1) is 23.7. The fraction of sp³-hybridized carbons (Fsp3) is 0.500. The van der Waals surface area contributed by atoms with Gasteiger partial charge in [-0.3, -0.25) is 9.59 Å². The van der Waals surface area contributed by atoms with Crippen LogP contribution in [-0.2, 0) is 22.2 Å². The number of likely N-dealkylation sites (tertiary alicyclic amines) is 1. The minimum Gasteiger partial charge on any atom is -0.342 e. The average molecular weight is 494 g/mol. The number of hydrogen-bond donors (Lipinski definition) is 1. The Morgan fingerprint density at radius 1 is 1.32 bits per heavy atom. The molecule has 0 spiro atoms. The number of alkyl halides is 3. The lowest BCUT2D eigenvalue weighted by atomic mass is 9.96. The molecule has 1 saturated heterocycles. The van der Waals surface area contributed by atoms with E-state index in [4.69, 9.17) is 11.6 Å². The van der Waals surface area contributed by atoms with Crippen LogP contribution >= 0.6 is 34.7 Å². The summed E-state index contributed by atoms with van der Waals surface area (Å²) in [5, 5.41) is 12.0. The number of rotatable bonds is 6. The largest absolute Gasteiger partial charge is 0.417 e. The Kier molecular flexibility index (Phi) is 7.76. The Bertz CT molecular complexity index is 949. The van der Waals surface area contributed by atoms with Crippen molar-refractivity contribution in [2.75, 3.05) is 24.2 Å². The first-order chi connectivity index (χ1) is 14.7. The fourth-order valence-corrected chi connectivity index (χ4v) is 4.73. The third-order valence-electron chi connectivity index (χ3n) is 4.68. The number of aryl methyl sites for hydroxylation is 1. The molecule has 1 fully saturated rings. The van der Waals surface area contributed by atoms with Crippen LogP contribution in [0.25, 0.3) is 0 Å². The first-order valence-corrected chi connectivity index (χ1v) is 11.6. The fourth-order valence-electron chi connectivity index (χ4n) is 2.95. The zero-order chi connectivity index (χ0) is 22.6. The molecule has 7 nitrogen and oxygen atoms in total. The van der Waals surface area contributed by atoms with Crippen LogP contribution < -0.4 is 5.32 Å². The zero-order valence-electron chi connectivity index (χ0n) is 16.4.